The summed E-state index contributed by atoms with van der Waals surface area (Å²) in [6.45, 7) is 1.58. The molecule has 5 nitrogen and oxygen atoms in total. The standard InChI is InChI=1S/C12H13F3N2O3S/c13-12(14,15)20-7-1-3-8(4-2-7)21(18,19)17-11-9-5-16-6-10(9)11/h1-4,9-11,16-17H,5-6H2/t9-,10+,11?. The van der Waals surface area contributed by atoms with E-state index in [9.17, 15) is 21.6 Å². The first kappa shape index (κ1) is 14.6. The van der Waals surface area contributed by atoms with Crippen LogP contribution >= 0.6 is 0 Å². The maximum atomic E-state index is 12.1. The molecule has 0 radical (unpaired) electrons. The van der Waals surface area contributed by atoms with E-state index in [0.717, 1.165) is 37.4 Å². The van der Waals surface area contributed by atoms with Gasteiger partial charge in [0, 0.05) is 6.04 Å². The van der Waals surface area contributed by atoms with E-state index < -0.39 is 22.1 Å². The molecule has 2 fully saturated rings. The molecule has 1 heterocycles. The second-order valence-corrected chi connectivity index (χ2v) is 6.87. The second kappa shape index (κ2) is 4.85. The lowest BCUT2D eigenvalue weighted by Gasteiger charge is -2.11. The fraction of sp³-hybridized carbons (Fsp3) is 0.500. The molecule has 1 aromatic carbocycles. The summed E-state index contributed by atoms with van der Waals surface area (Å²) in [7, 11) is -3.71. The highest BCUT2D eigenvalue weighted by atomic mass is 32.2. The van der Waals surface area contributed by atoms with Gasteiger partial charge in [-0.3, -0.25) is 0 Å². The Labute approximate surface area is 119 Å². The lowest BCUT2D eigenvalue weighted by atomic mass is 10.3. The zero-order chi connectivity index (χ0) is 15.3. The average molecular weight is 322 g/mol. The van der Waals surface area contributed by atoms with Crippen LogP contribution in [-0.4, -0.2) is 33.9 Å². The number of benzene rings is 1. The minimum absolute atomic E-state index is 0.0741. The number of piperidine rings is 1. The Morgan fingerprint density at radius 2 is 1.71 bits per heavy atom. The first-order valence-corrected chi connectivity index (χ1v) is 7.83. The van der Waals surface area contributed by atoms with Crippen molar-refractivity contribution in [3.8, 4) is 5.75 Å². The van der Waals surface area contributed by atoms with Crippen LogP contribution in [0, 0.1) is 11.8 Å². The molecule has 1 saturated carbocycles. The van der Waals surface area contributed by atoms with Gasteiger partial charge in [0.15, 0.2) is 0 Å². The number of nitrogens with one attached hydrogen (secondary N) is 2. The fourth-order valence-electron chi connectivity index (χ4n) is 2.66. The van der Waals surface area contributed by atoms with E-state index in [0.29, 0.717) is 11.8 Å². The summed E-state index contributed by atoms with van der Waals surface area (Å²) in [6, 6.07) is 4.08. The van der Waals surface area contributed by atoms with Crippen molar-refractivity contribution >= 4 is 10.0 Å². The third-order valence-electron chi connectivity index (χ3n) is 3.75. The van der Waals surface area contributed by atoms with Gasteiger partial charge in [0.2, 0.25) is 10.0 Å². The van der Waals surface area contributed by atoms with Crippen molar-refractivity contribution in [2.45, 2.75) is 17.3 Å². The predicted molar refractivity (Wildman–Crippen MR) is 67.1 cm³/mol. The number of rotatable bonds is 4. The Balaban J connectivity index is 1.68. The molecule has 1 aliphatic carbocycles. The molecule has 2 aliphatic rings. The molecule has 0 spiro atoms. The first-order valence-electron chi connectivity index (χ1n) is 6.35. The molecule has 116 valence electrons. The van der Waals surface area contributed by atoms with Gasteiger partial charge >= 0.3 is 6.36 Å². The van der Waals surface area contributed by atoms with Crippen molar-refractivity contribution in [1.82, 2.24) is 10.0 Å². The van der Waals surface area contributed by atoms with E-state index in [1.807, 2.05) is 0 Å². The van der Waals surface area contributed by atoms with Crippen LogP contribution in [0.25, 0.3) is 0 Å². The van der Waals surface area contributed by atoms with Gasteiger partial charge < -0.3 is 10.1 Å². The molecule has 0 amide bonds. The molecule has 1 aromatic rings. The summed E-state index contributed by atoms with van der Waals surface area (Å²) in [5.41, 5.74) is 0. The summed E-state index contributed by atoms with van der Waals surface area (Å²) in [6.07, 6.45) is -4.79. The molecular weight excluding hydrogens is 309 g/mol. The molecule has 1 unspecified atom stereocenters. The Hall–Kier alpha value is -1.32. The van der Waals surface area contributed by atoms with Crippen LogP contribution in [0.3, 0.4) is 0 Å². The maximum Gasteiger partial charge on any atom is 0.573 e. The van der Waals surface area contributed by atoms with Crippen LogP contribution in [0.1, 0.15) is 0 Å². The van der Waals surface area contributed by atoms with Crippen molar-refractivity contribution in [3.63, 3.8) is 0 Å². The van der Waals surface area contributed by atoms with Gasteiger partial charge in [-0.15, -0.1) is 13.2 Å². The van der Waals surface area contributed by atoms with Crippen molar-refractivity contribution in [2.75, 3.05) is 13.1 Å². The Bertz CT molecular complexity index is 620. The lowest BCUT2D eigenvalue weighted by molar-refractivity contribution is -0.274. The smallest absolute Gasteiger partial charge is 0.406 e. The summed E-state index contributed by atoms with van der Waals surface area (Å²) in [5, 5.41) is 3.15. The number of hydrogen-bond acceptors (Lipinski definition) is 4. The summed E-state index contributed by atoms with van der Waals surface area (Å²) >= 11 is 0. The maximum absolute atomic E-state index is 12.1. The van der Waals surface area contributed by atoms with E-state index in [1.165, 1.54) is 0 Å². The Kier molecular flexibility index (Phi) is 3.38. The van der Waals surface area contributed by atoms with Gasteiger partial charge in [0.25, 0.3) is 0 Å². The topological polar surface area (TPSA) is 67.4 Å². The predicted octanol–water partition coefficient (Wildman–Crippen LogP) is 1.08. The van der Waals surface area contributed by atoms with Crippen LogP contribution in [-0.2, 0) is 10.0 Å². The van der Waals surface area contributed by atoms with Gasteiger partial charge in [-0.25, -0.2) is 13.1 Å². The number of ether oxygens (including phenoxy) is 1. The highest BCUT2D eigenvalue weighted by Crippen LogP contribution is 2.42. The summed E-state index contributed by atoms with van der Waals surface area (Å²) in [4.78, 5) is -0.0741. The van der Waals surface area contributed by atoms with E-state index in [1.54, 1.807) is 0 Å². The molecule has 3 atom stereocenters. The number of fused-ring (bicyclic) bond motifs is 1. The minimum atomic E-state index is -4.79. The minimum Gasteiger partial charge on any atom is -0.406 e. The largest absolute Gasteiger partial charge is 0.573 e. The van der Waals surface area contributed by atoms with Crippen LogP contribution < -0.4 is 14.8 Å². The zero-order valence-electron chi connectivity index (χ0n) is 10.7. The third-order valence-corrected chi connectivity index (χ3v) is 5.23. The second-order valence-electron chi connectivity index (χ2n) is 5.15. The van der Waals surface area contributed by atoms with E-state index >= 15 is 0 Å². The lowest BCUT2D eigenvalue weighted by Crippen LogP contribution is -2.32. The van der Waals surface area contributed by atoms with Crippen molar-refractivity contribution < 1.29 is 26.3 Å². The molecule has 0 bridgehead atoms. The van der Waals surface area contributed by atoms with Gasteiger partial charge in [-0.1, -0.05) is 0 Å². The highest BCUT2D eigenvalue weighted by molar-refractivity contribution is 7.89. The molecule has 1 saturated heterocycles. The number of halogens is 3. The number of sulfonamides is 1. The van der Waals surface area contributed by atoms with E-state index in [2.05, 4.69) is 14.8 Å². The molecule has 3 rings (SSSR count). The molecule has 2 N–H and O–H groups in total. The van der Waals surface area contributed by atoms with Crippen LogP contribution in [0.2, 0.25) is 0 Å². The molecule has 0 aromatic heterocycles. The monoisotopic (exact) mass is 322 g/mol. The first-order chi connectivity index (χ1) is 9.76. The summed E-state index contributed by atoms with van der Waals surface area (Å²) in [5.74, 6) is 0.175. The van der Waals surface area contributed by atoms with E-state index in [-0.39, 0.29) is 10.9 Å². The van der Waals surface area contributed by atoms with Gasteiger partial charge in [0.1, 0.15) is 5.75 Å². The SMILES string of the molecule is O=S(=O)(NC1[C@H]2CNC[C@@H]12)c1ccc(OC(F)(F)F)cc1. The van der Waals surface area contributed by atoms with Gasteiger partial charge in [-0.2, -0.15) is 0 Å². The fourth-order valence-corrected chi connectivity index (χ4v) is 4.00. The Morgan fingerprint density at radius 1 is 1.14 bits per heavy atom. The highest BCUT2D eigenvalue weighted by Gasteiger charge is 2.54. The molecule has 1 aliphatic heterocycles. The van der Waals surface area contributed by atoms with Crippen LogP contribution in [0.4, 0.5) is 13.2 Å². The molecular formula is C12H13F3N2O3S. The van der Waals surface area contributed by atoms with Crippen LogP contribution in [0.5, 0.6) is 5.75 Å². The van der Waals surface area contributed by atoms with Gasteiger partial charge in [0.05, 0.1) is 4.90 Å². The quantitative estimate of drug-likeness (QED) is 0.870. The average Bonchev–Trinajstić information content (AvgIpc) is 2.82. The zero-order valence-corrected chi connectivity index (χ0v) is 11.5. The van der Waals surface area contributed by atoms with Crippen LogP contribution in [0.15, 0.2) is 29.2 Å². The summed E-state index contributed by atoms with van der Waals surface area (Å²) < 4.78 is 66.6. The number of hydrogen-bond donors (Lipinski definition) is 2. The van der Waals surface area contributed by atoms with E-state index in [4.69, 9.17) is 0 Å². The van der Waals surface area contributed by atoms with Crippen molar-refractivity contribution in [3.05, 3.63) is 24.3 Å². The molecule has 21 heavy (non-hydrogen) atoms. The number of alkyl halides is 3. The van der Waals surface area contributed by atoms with Crippen molar-refractivity contribution in [2.24, 2.45) is 11.8 Å². The van der Waals surface area contributed by atoms with Gasteiger partial charge in [-0.05, 0) is 49.2 Å². The third kappa shape index (κ3) is 3.14. The molecule has 9 heteroatoms. The van der Waals surface area contributed by atoms with Crippen molar-refractivity contribution in [1.29, 1.82) is 0 Å². The Morgan fingerprint density at radius 3 is 2.24 bits per heavy atom. The normalized spacial score (nSPS) is 28.2.